The van der Waals surface area contributed by atoms with Gasteiger partial charge in [0.05, 0.1) is 6.20 Å². The van der Waals surface area contributed by atoms with Crippen LogP contribution in [0.4, 0.5) is 5.69 Å². The predicted molar refractivity (Wildman–Crippen MR) is 92.7 cm³/mol. The van der Waals surface area contributed by atoms with Crippen LogP contribution >= 0.6 is 11.6 Å². The number of pyridine rings is 2. The SMILES string of the molecule is Cc1cc(NC(=O)c2ccnc(Cl)c2)ccc1Oc1cccnc1. The van der Waals surface area contributed by atoms with Crippen LogP contribution < -0.4 is 10.1 Å². The van der Waals surface area contributed by atoms with E-state index in [1.54, 1.807) is 36.7 Å². The average Bonchev–Trinajstić information content (AvgIpc) is 2.58. The Labute approximate surface area is 144 Å². The van der Waals surface area contributed by atoms with Gasteiger partial charge in [-0.3, -0.25) is 9.78 Å². The van der Waals surface area contributed by atoms with Crippen LogP contribution in [0.1, 0.15) is 15.9 Å². The van der Waals surface area contributed by atoms with Gasteiger partial charge in [-0.05, 0) is 55.0 Å². The van der Waals surface area contributed by atoms with Crippen LogP contribution in [-0.2, 0) is 0 Å². The molecule has 3 aromatic rings. The summed E-state index contributed by atoms with van der Waals surface area (Å²) >= 11 is 5.80. The van der Waals surface area contributed by atoms with Gasteiger partial charge >= 0.3 is 0 Å². The molecule has 1 N–H and O–H groups in total. The van der Waals surface area contributed by atoms with Crippen molar-refractivity contribution < 1.29 is 9.53 Å². The van der Waals surface area contributed by atoms with Crippen molar-refractivity contribution in [1.29, 1.82) is 0 Å². The first kappa shape index (κ1) is 16.0. The number of amides is 1. The van der Waals surface area contributed by atoms with E-state index in [9.17, 15) is 4.79 Å². The number of hydrogen-bond donors (Lipinski definition) is 1. The lowest BCUT2D eigenvalue weighted by Crippen LogP contribution is -2.12. The van der Waals surface area contributed by atoms with Crippen molar-refractivity contribution in [2.75, 3.05) is 5.32 Å². The molecule has 0 fully saturated rings. The first-order chi connectivity index (χ1) is 11.6. The predicted octanol–water partition coefficient (Wildman–Crippen LogP) is 4.48. The number of aromatic nitrogens is 2. The molecule has 120 valence electrons. The van der Waals surface area contributed by atoms with E-state index in [0.29, 0.717) is 22.7 Å². The summed E-state index contributed by atoms with van der Waals surface area (Å²) in [5.41, 5.74) is 2.01. The topological polar surface area (TPSA) is 64.1 Å². The van der Waals surface area contributed by atoms with E-state index in [1.807, 2.05) is 19.1 Å². The summed E-state index contributed by atoms with van der Waals surface area (Å²) in [4.78, 5) is 20.1. The van der Waals surface area contributed by atoms with Crippen LogP contribution in [0.5, 0.6) is 11.5 Å². The molecule has 6 heteroatoms. The number of aryl methyl sites for hydroxylation is 1. The monoisotopic (exact) mass is 339 g/mol. The largest absolute Gasteiger partial charge is 0.455 e. The Morgan fingerprint density at radius 3 is 2.75 bits per heavy atom. The van der Waals surface area contributed by atoms with Crippen LogP contribution in [0.3, 0.4) is 0 Å². The van der Waals surface area contributed by atoms with Crippen LogP contribution in [0.25, 0.3) is 0 Å². The van der Waals surface area contributed by atoms with E-state index in [1.165, 1.54) is 12.3 Å². The molecule has 2 aromatic heterocycles. The quantitative estimate of drug-likeness (QED) is 0.712. The zero-order valence-corrected chi connectivity index (χ0v) is 13.6. The summed E-state index contributed by atoms with van der Waals surface area (Å²) in [6, 6.07) is 12.2. The number of halogens is 1. The summed E-state index contributed by atoms with van der Waals surface area (Å²) in [7, 11) is 0. The molecule has 0 aliphatic carbocycles. The molecule has 5 nitrogen and oxygen atoms in total. The molecular weight excluding hydrogens is 326 g/mol. The standard InChI is InChI=1S/C18H14ClN3O2/c1-12-9-14(22-18(23)13-6-8-21-17(19)10-13)4-5-16(12)24-15-3-2-7-20-11-15/h2-11H,1H3,(H,22,23). The Bertz CT molecular complexity index is 869. The van der Waals surface area contributed by atoms with Crippen molar-refractivity contribution in [1.82, 2.24) is 9.97 Å². The summed E-state index contributed by atoms with van der Waals surface area (Å²) in [6.45, 7) is 1.91. The second-order valence-electron chi connectivity index (χ2n) is 5.09. The van der Waals surface area contributed by atoms with Gasteiger partial charge in [0.2, 0.25) is 0 Å². The third-order valence-corrected chi connectivity index (χ3v) is 3.49. The molecule has 0 bridgehead atoms. The van der Waals surface area contributed by atoms with Crippen molar-refractivity contribution >= 4 is 23.2 Å². The van der Waals surface area contributed by atoms with E-state index >= 15 is 0 Å². The van der Waals surface area contributed by atoms with Crippen molar-refractivity contribution in [3.05, 3.63) is 77.3 Å². The van der Waals surface area contributed by atoms with Gasteiger partial charge in [0, 0.05) is 23.6 Å². The number of ether oxygens (including phenoxy) is 1. The molecule has 0 saturated heterocycles. The van der Waals surface area contributed by atoms with E-state index in [2.05, 4.69) is 15.3 Å². The molecule has 1 amide bonds. The fraction of sp³-hybridized carbons (Fsp3) is 0.0556. The molecule has 1 aromatic carbocycles. The molecule has 24 heavy (non-hydrogen) atoms. The minimum atomic E-state index is -0.250. The zero-order chi connectivity index (χ0) is 16.9. The highest BCUT2D eigenvalue weighted by atomic mass is 35.5. The molecular formula is C18H14ClN3O2. The van der Waals surface area contributed by atoms with E-state index in [0.717, 1.165) is 5.56 Å². The molecule has 0 unspecified atom stereocenters. The molecule has 0 spiro atoms. The number of nitrogens with one attached hydrogen (secondary N) is 1. The van der Waals surface area contributed by atoms with Crippen molar-refractivity contribution in [2.24, 2.45) is 0 Å². The summed E-state index contributed by atoms with van der Waals surface area (Å²) < 4.78 is 5.77. The minimum absolute atomic E-state index is 0.250. The van der Waals surface area contributed by atoms with Gasteiger partial charge in [-0.15, -0.1) is 0 Å². The number of hydrogen-bond acceptors (Lipinski definition) is 4. The Morgan fingerprint density at radius 1 is 1.17 bits per heavy atom. The number of benzene rings is 1. The number of carbonyl (C=O) groups is 1. The number of anilines is 1. The van der Waals surface area contributed by atoms with Crippen molar-refractivity contribution in [3.63, 3.8) is 0 Å². The Balaban J connectivity index is 1.74. The normalized spacial score (nSPS) is 10.2. The molecule has 2 heterocycles. The number of carbonyl (C=O) groups excluding carboxylic acids is 1. The Hall–Kier alpha value is -2.92. The van der Waals surface area contributed by atoms with Gasteiger partial charge in [-0.25, -0.2) is 4.98 Å². The second-order valence-corrected chi connectivity index (χ2v) is 5.48. The second kappa shape index (κ2) is 7.10. The highest BCUT2D eigenvalue weighted by molar-refractivity contribution is 6.29. The van der Waals surface area contributed by atoms with Crippen LogP contribution in [-0.4, -0.2) is 15.9 Å². The molecule has 0 radical (unpaired) electrons. The fourth-order valence-electron chi connectivity index (χ4n) is 2.12. The van der Waals surface area contributed by atoms with Crippen molar-refractivity contribution in [3.8, 4) is 11.5 Å². The maximum atomic E-state index is 12.2. The Kier molecular flexibility index (Phi) is 4.72. The van der Waals surface area contributed by atoms with Gasteiger partial charge in [0.15, 0.2) is 0 Å². The highest BCUT2D eigenvalue weighted by Crippen LogP contribution is 2.27. The Morgan fingerprint density at radius 2 is 2.04 bits per heavy atom. The van der Waals surface area contributed by atoms with Crippen LogP contribution in [0.15, 0.2) is 61.1 Å². The van der Waals surface area contributed by atoms with Gasteiger partial charge in [-0.1, -0.05) is 11.6 Å². The first-order valence-electron chi connectivity index (χ1n) is 7.23. The first-order valence-corrected chi connectivity index (χ1v) is 7.61. The minimum Gasteiger partial charge on any atom is -0.455 e. The third kappa shape index (κ3) is 3.88. The van der Waals surface area contributed by atoms with Gasteiger partial charge in [0.1, 0.15) is 16.7 Å². The summed E-state index contributed by atoms with van der Waals surface area (Å²) in [5.74, 6) is 1.11. The molecule has 0 aliphatic rings. The lowest BCUT2D eigenvalue weighted by molar-refractivity contribution is 0.102. The summed E-state index contributed by atoms with van der Waals surface area (Å²) in [6.07, 6.45) is 4.82. The number of rotatable bonds is 4. The maximum Gasteiger partial charge on any atom is 0.255 e. The number of nitrogens with zero attached hydrogens (tertiary/aromatic N) is 2. The van der Waals surface area contributed by atoms with Crippen LogP contribution in [0, 0.1) is 6.92 Å². The van der Waals surface area contributed by atoms with E-state index in [-0.39, 0.29) is 11.1 Å². The van der Waals surface area contributed by atoms with Gasteiger partial charge in [0.25, 0.3) is 5.91 Å². The zero-order valence-electron chi connectivity index (χ0n) is 12.9. The smallest absolute Gasteiger partial charge is 0.255 e. The lowest BCUT2D eigenvalue weighted by atomic mass is 10.2. The molecule has 0 atom stereocenters. The lowest BCUT2D eigenvalue weighted by Gasteiger charge is -2.11. The third-order valence-electron chi connectivity index (χ3n) is 3.28. The van der Waals surface area contributed by atoms with E-state index < -0.39 is 0 Å². The highest BCUT2D eigenvalue weighted by Gasteiger charge is 2.09. The molecule has 0 saturated carbocycles. The average molecular weight is 340 g/mol. The van der Waals surface area contributed by atoms with Gasteiger partial charge in [-0.2, -0.15) is 0 Å². The maximum absolute atomic E-state index is 12.2. The van der Waals surface area contributed by atoms with Crippen molar-refractivity contribution in [2.45, 2.75) is 6.92 Å². The van der Waals surface area contributed by atoms with Crippen LogP contribution in [0.2, 0.25) is 5.15 Å². The summed E-state index contributed by atoms with van der Waals surface area (Å²) in [5, 5.41) is 3.10. The molecule has 0 aliphatic heterocycles. The fourth-order valence-corrected chi connectivity index (χ4v) is 2.30. The molecule has 3 rings (SSSR count). The van der Waals surface area contributed by atoms with Gasteiger partial charge < -0.3 is 10.1 Å². The van der Waals surface area contributed by atoms with E-state index in [4.69, 9.17) is 16.3 Å².